The van der Waals surface area contributed by atoms with Gasteiger partial charge in [0.05, 0.1) is 0 Å². The lowest BCUT2D eigenvalue weighted by Gasteiger charge is -1.94. The molecule has 0 spiro atoms. The molecule has 1 aromatic heterocycles. The van der Waals surface area contributed by atoms with E-state index in [0.29, 0.717) is 5.76 Å². The summed E-state index contributed by atoms with van der Waals surface area (Å²) in [5, 5.41) is 0. The van der Waals surface area contributed by atoms with Crippen LogP contribution < -0.4 is 26.6 Å². The first-order valence-corrected chi connectivity index (χ1v) is 7.14. The minimum absolute atomic E-state index is 0.109. The molecule has 0 bridgehead atoms. The Morgan fingerprint density at radius 1 is 1.12 bits per heavy atom. The summed E-state index contributed by atoms with van der Waals surface area (Å²) in [5.41, 5.74) is 0.109. The Balaban J connectivity index is 2.39. The minimum Gasteiger partial charge on any atom is -0.462 e. The second-order valence-electron chi connectivity index (χ2n) is 3.48. The Kier molecular flexibility index (Phi) is 3.43. The van der Waals surface area contributed by atoms with Gasteiger partial charge in [-0.05, 0) is 26.0 Å². The molecule has 0 N–H and O–H groups in total. The number of aryl methyl sites for hydroxylation is 2. The zero-order chi connectivity index (χ0) is 11.5. The molecule has 0 unspecified atom stereocenters. The van der Waals surface area contributed by atoms with Crippen molar-refractivity contribution in [3.63, 3.8) is 0 Å². The van der Waals surface area contributed by atoms with Gasteiger partial charge in [-0.1, -0.05) is 18.2 Å². The average molecular weight is 327 g/mol. The van der Waals surface area contributed by atoms with Crippen LogP contribution in [0.4, 0.5) is 0 Å². The molecule has 0 fully saturated rings. The van der Waals surface area contributed by atoms with Crippen LogP contribution >= 0.6 is 0 Å². The molecule has 0 saturated carbocycles. The van der Waals surface area contributed by atoms with Gasteiger partial charge < -0.3 is 4.42 Å². The van der Waals surface area contributed by atoms with Gasteiger partial charge in [0.2, 0.25) is 5.43 Å². The van der Waals surface area contributed by atoms with Gasteiger partial charge in [-0.2, -0.15) is 0 Å². The Morgan fingerprint density at radius 3 is 2.44 bits per heavy atom. The maximum atomic E-state index is 11.8. The van der Waals surface area contributed by atoms with Crippen molar-refractivity contribution >= 4 is 0 Å². The molecule has 2 rings (SSSR count). The van der Waals surface area contributed by atoms with Crippen molar-refractivity contribution in [1.82, 2.24) is 0 Å². The normalized spacial score (nSPS) is 10.4. The average Bonchev–Trinajstić information content (AvgIpc) is 2.25. The third-order valence-corrected chi connectivity index (χ3v) is 5.28. The summed E-state index contributed by atoms with van der Waals surface area (Å²) in [6, 6.07) is 11.7. The minimum atomic E-state index is -0.434. The summed E-state index contributed by atoms with van der Waals surface area (Å²) in [5.74, 6) is 1.45. The highest BCUT2D eigenvalue weighted by Gasteiger charge is 2.23. The van der Waals surface area contributed by atoms with Crippen LogP contribution in [-0.2, 0) is 0 Å². The zero-order valence-electron chi connectivity index (χ0n) is 9.16. The van der Waals surface area contributed by atoms with E-state index in [-0.39, 0.29) is 5.43 Å². The summed E-state index contributed by atoms with van der Waals surface area (Å²) >= 11 is -0.434. The molecule has 0 amide bonds. The molecule has 0 aliphatic carbocycles. The monoisotopic (exact) mass is 327 g/mol. The van der Waals surface area contributed by atoms with Crippen LogP contribution in [0, 0.1) is 21.0 Å². The Morgan fingerprint density at radius 2 is 1.81 bits per heavy atom. The lowest BCUT2D eigenvalue weighted by Crippen LogP contribution is -3.62. The molecule has 0 saturated heterocycles. The largest absolute Gasteiger partial charge is 0.462 e. The maximum Gasteiger partial charge on any atom is 0.366 e. The predicted molar refractivity (Wildman–Crippen MR) is 58.3 cm³/mol. The van der Waals surface area contributed by atoms with Crippen molar-refractivity contribution in [3.8, 4) is 0 Å². The number of hydrogen-bond acceptors (Lipinski definition) is 2. The first kappa shape index (κ1) is 11.4. The van der Waals surface area contributed by atoms with E-state index >= 15 is 0 Å². The number of hydrogen-bond donors (Lipinski definition) is 0. The molecule has 3 heteroatoms. The summed E-state index contributed by atoms with van der Waals surface area (Å²) in [6.45, 7) is 3.67. The number of halogens is 1. The van der Waals surface area contributed by atoms with Gasteiger partial charge >= 0.3 is 21.2 Å². The second kappa shape index (κ2) is 4.82. The molecular weight excluding hydrogens is 315 g/mol. The van der Waals surface area contributed by atoms with Gasteiger partial charge in [-0.15, -0.1) is 0 Å². The first-order chi connectivity index (χ1) is 7.66. The topological polar surface area (TPSA) is 30.2 Å². The summed E-state index contributed by atoms with van der Waals surface area (Å²) in [6.07, 6.45) is 0. The third-order valence-electron chi connectivity index (χ3n) is 2.11. The molecule has 2 nitrogen and oxygen atoms in total. The van der Waals surface area contributed by atoms with Crippen LogP contribution in [0.1, 0.15) is 11.5 Å². The molecule has 16 heavy (non-hydrogen) atoms. The first-order valence-electron chi connectivity index (χ1n) is 4.98. The molecule has 0 aliphatic rings. The van der Waals surface area contributed by atoms with E-state index in [1.807, 2.05) is 25.1 Å². The van der Waals surface area contributed by atoms with Crippen LogP contribution in [0.5, 0.6) is 0 Å². The van der Waals surface area contributed by atoms with Crippen molar-refractivity contribution in [3.05, 3.63) is 65.3 Å². The van der Waals surface area contributed by atoms with E-state index < -0.39 is 21.2 Å². The lowest BCUT2D eigenvalue weighted by molar-refractivity contribution is -0.600. The van der Waals surface area contributed by atoms with Crippen LogP contribution in [-0.4, -0.2) is 0 Å². The lowest BCUT2D eigenvalue weighted by atomic mass is 10.4. The van der Waals surface area contributed by atoms with Crippen LogP contribution in [0.2, 0.25) is 0 Å². The highest BCUT2D eigenvalue weighted by atomic mass is 127. The molecular formula is C13H12IO2+. The quantitative estimate of drug-likeness (QED) is 0.689. The summed E-state index contributed by atoms with van der Waals surface area (Å²) in [4.78, 5) is 11.8. The van der Waals surface area contributed by atoms with Crippen molar-refractivity contribution in [1.29, 1.82) is 0 Å². The van der Waals surface area contributed by atoms with E-state index in [9.17, 15) is 4.79 Å². The van der Waals surface area contributed by atoms with Gasteiger partial charge in [0.1, 0.15) is 5.76 Å². The molecule has 1 heterocycles. The highest BCUT2D eigenvalue weighted by Crippen LogP contribution is 1.97. The van der Waals surface area contributed by atoms with Gasteiger partial charge in [0.15, 0.2) is 9.33 Å². The van der Waals surface area contributed by atoms with Crippen LogP contribution in [0.3, 0.4) is 0 Å². The van der Waals surface area contributed by atoms with Crippen molar-refractivity contribution in [2.24, 2.45) is 0 Å². The van der Waals surface area contributed by atoms with Gasteiger partial charge in [0, 0.05) is 6.07 Å². The fourth-order valence-corrected chi connectivity index (χ4v) is 3.75. The Labute approximate surface area is 105 Å². The van der Waals surface area contributed by atoms with E-state index in [4.69, 9.17) is 4.42 Å². The number of rotatable bonds is 2. The molecule has 82 valence electrons. The standard InChI is InChI=1S/C13H12IO2/c1-9-8-12(15)13(10(2)16-9)14-11-6-4-3-5-7-11/h3-8H,1-2H3/q+1. The van der Waals surface area contributed by atoms with Crippen LogP contribution in [0.25, 0.3) is 0 Å². The van der Waals surface area contributed by atoms with E-state index in [1.54, 1.807) is 13.0 Å². The fraction of sp³-hybridized carbons (Fsp3) is 0.154. The fourth-order valence-electron chi connectivity index (χ4n) is 1.44. The SMILES string of the molecule is Cc1cc(=O)c([I+]c2ccccc2)c(C)o1. The van der Waals surface area contributed by atoms with Crippen molar-refractivity contribution in [2.75, 3.05) is 0 Å². The molecule has 1 aromatic carbocycles. The molecule has 0 radical (unpaired) electrons. The van der Waals surface area contributed by atoms with Gasteiger partial charge in [0.25, 0.3) is 3.57 Å². The van der Waals surface area contributed by atoms with E-state index in [2.05, 4.69) is 12.1 Å². The smallest absolute Gasteiger partial charge is 0.366 e. The number of benzene rings is 1. The zero-order valence-corrected chi connectivity index (χ0v) is 11.3. The summed E-state index contributed by atoms with van der Waals surface area (Å²) in [7, 11) is 0. The maximum absolute atomic E-state index is 11.8. The van der Waals surface area contributed by atoms with Crippen molar-refractivity contribution < 1.29 is 25.6 Å². The molecule has 2 aromatic rings. The third kappa shape index (κ3) is 2.52. The van der Waals surface area contributed by atoms with E-state index in [0.717, 1.165) is 9.33 Å². The van der Waals surface area contributed by atoms with Gasteiger partial charge in [-0.25, -0.2) is 0 Å². The van der Waals surface area contributed by atoms with Gasteiger partial charge in [-0.3, -0.25) is 4.79 Å². The summed E-state index contributed by atoms with van der Waals surface area (Å²) < 4.78 is 7.58. The van der Waals surface area contributed by atoms with E-state index in [1.165, 1.54) is 3.57 Å². The van der Waals surface area contributed by atoms with Crippen molar-refractivity contribution in [2.45, 2.75) is 13.8 Å². The Hall–Kier alpha value is -1.10. The molecule has 0 atom stereocenters. The highest BCUT2D eigenvalue weighted by molar-refractivity contribution is 5.05. The predicted octanol–water partition coefficient (Wildman–Crippen LogP) is -0.615. The molecule has 0 aliphatic heterocycles. The second-order valence-corrected chi connectivity index (χ2v) is 6.35. The Bertz CT molecular complexity index is 544. The van der Waals surface area contributed by atoms with Crippen LogP contribution in [0.15, 0.2) is 45.6 Å².